The number of aromatic nitrogens is 2. The molecule has 5 heteroatoms. The normalized spacial score (nSPS) is 10.1. The molecule has 3 aromatic rings. The van der Waals surface area contributed by atoms with Crippen LogP contribution in [0, 0.1) is 6.92 Å². The zero-order valence-corrected chi connectivity index (χ0v) is 12.7. The van der Waals surface area contributed by atoms with Gasteiger partial charge in [-0.2, -0.15) is 0 Å². The Kier molecular flexibility index (Phi) is 4.29. The summed E-state index contributed by atoms with van der Waals surface area (Å²) < 4.78 is 0. The number of benzene rings is 2. The van der Waals surface area contributed by atoms with E-state index in [0.29, 0.717) is 11.5 Å². The van der Waals surface area contributed by atoms with E-state index >= 15 is 0 Å². The lowest BCUT2D eigenvalue weighted by molar-refractivity contribution is 0.102. The highest BCUT2D eigenvalue weighted by Gasteiger charge is 2.09. The quantitative estimate of drug-likeness (QED) is 0.769. The zero-order valence-electron chi connectivity index (χ0n) is 12.7. The maximum Gasteiger partial charge on any atom is 0.274 e. The van der Waals surface area contributed by atoms with Crippen molar-refractivity contribution in [2.45, 2.75) is 6.92 Å². The molecule has 1 amide bonds. The Balaban J connectivity index is 1.75. The van der Waals surface area contributed by atoms with E-state index in [-0.39, 0.29) is 5.91 Å². The molecule has 3 rings (SSSR count). The Labute approximate surface area is 134 Å². The largest absolute Gasteiger partial charge is 0.340 e. The average Bonchev–Trinajstić information content (AvgIpc) is 2.56. The number of aryl methyl sites for hydroxylation is 1. The van der Waals surface area contributed by atoms with Gasteiger partial charge in [-0.05, 0) is 36.8 Å². The van der Waals surface area contributed by atoms with Crippen molar-refractivity contribution in [3.05, 3.63) is 78.2 Å². The van der Waals surface area contributed by atoms with Crippen LogP contribution < -0.4 is 10.6 Å². The molecular formula is C18H16N4O. The lowest BCUT2D eigenvalue weighted by atomic mass is 10.2. The lowest BCUT2D eigenvalue weighted by Gasteiger charge is -2.08. The highest BCUT2D eigenvalue weighted by atomic mass is 16.1. The second kappa shape index (κ2) is 6.70. The van der Waals surface area contributed by atoms with E-state index in [9.17, 15) is 4.79 Å². The minimum absolute atomic E-state index is 0.272. The molecule has 0 aliphatic heterocycles. The maximum absolute atomic E-state index is 12.2. The molecule has 1 aromatic heterocycles. The monoisotopic (exact) mass is 304 g/mol. The molecule has 0 atom stereocenters. The van der Waals surface area contributed by atoms with Crippen molar-refractivity contribution in [2.24, 2.45) is 0 Å². The fourth-order valence-electron chi connectivity index (χ4n) is 2.14. The van der Waals surface area contributed by atoms with Crippen LogP contribution in [-0.2, 0) is 0 Å². The average molecular weight is 304 g/mol. The highest BCUT2D eigenvalue weighted by Crippen LogP contribution is 2.16. The molecule has 5 nitrogen and oxygen atoms in total. The molecular weight excluding hydrogens is 288 g/mol. The van der Waals surface area contributed by atoms with Crippen molar-refractivity contribution in [3.63, 3.8) is 0 Å². The van der Waals surface area contributed by atoms with E-state index < -0.39 is 0 Å². The molecule has 2 N–H and O–H groups in total. The fourth-order valence-corrected chi connectivity index (χ4v) is 2.14. The molecule has 0 unspecified atom stereocenters. The Morgan fingerprint density at radius 1 is 0.913 bits per heavy atom. The smallest absolute Gasteiger partial charge is 0.274 e. The van der Waals surface area contributed by atoms with Crippen molar-refractivity contribution < 1.29 is 4.79 Å². The van der Waals surface area contributed by atoms with Gasteiger partial charge in [0, 0.05) is 17.4 Å². The summed E-state index contributed by atoms with van der Waals surface area (Å²) in [6.07, 6.45) is 1.37. The zero-order chi connectivity index (χ0) is 16.1. The molecule has 0 fully saturated rings. The van der Waals surface area contributed by atoms with Gasteiger partial charge < -0.3 is 10.6 Å². The van der Waals surface area contributed by atoms with Gasteiger partial charge in [0.2, 0.25) is 0 Å². The van der Waals surface area contributed by atoms with Gasteiger partial charge in [0.1, 0.15) is 17.8 Å². The molecule has 1 heterocycles. The minimum Gasteiger partial charge on any atom is -0.340 e. The number of anilines is 3. The summed E-state index contributed by atoms with van der Waals surface area (Å²) in [6, 6.07) is 18.8. The molecule has 0 saturated heterocycles. The number of nitrogens with zero attached hydrogens (tertiary/aromatic N) is 2. The topological polar surface area (TPSA) is 66.9 Å². The Bertz CT molecular complexity index is 818. The second-order valence-corrected chi connectivity index (χ2v) is 5.10. The molecule has 2 aromatic carbocycles. The summed E-state index contributed by atoms with van der Waals surface area (Å²) in [5.74, 6) is 0.301. The first-order chi connectivity index (χ1) is 11.2. The molecule has 23 heavy (non-hydrogen) atoms. The molecule has 0 aliphatic carbocycles. The van der Waals surface area contributed by atoms with E-state index in [1.807, 2.05) is 61.5 Å². The Morgan fingerprint density at radius 3 is 2.48 bits per heavy atom. The minimum atomic E-state index is -0.272. The van der Waals surface area contributed by atoms with Gasteiger partial charge in [-0.15, -0.1) is 0 Å². The number of carbonyl (C=O) groups excluding carboxylic acids is 1. The van der Waals surface area contributed by atoms with Crippen molar-refractivity contribution >= 4 is 23.1 Å². The third-order valence-corrected chi connectivity index (χ3v) is 3.22. The van der Waals surface area contributed by atoms with E-state index in [1.54, 1.807) is 6.07 Å². The number of para-hydroxylation sites is 1. The van der Waals surface area contributed by atoms with Gasteiger partial charge in [0.15, 0.2) is 0 Å². The third kappa shape index (κ3) is 3.91. The van der Waals surface area contributed by atoms with Crippen LogP contribution in [0.3, 0.4) is 0 Å². The first-order valence-electron chi connectivity index (χ1n) is 7.23. The molecule has 0 aliphatic rings. The van der Waals surface area contributed by atoms with Gasteiger partial charge in [-0.3, -0.25) is 4.79 Å². The summed E-state index contributed by atoms with van der Waals surface area (Å²) in [7, 11) is 0. The van der Waals surface area contributed by atoms with Crippen molar-refractivity contribution in [1.82, 2.24) is 9.97 Å². The highest BCUT2D eigenvalue weighted by molar-refractivity contribution is 6.03. The molecule has 0 bridgehead atoms. The van der Waals surface area contributed by atoms with E-state index in [0.717, 1.165) is 16.9 Å². The number of amides is 1. The molecule has 0 spiro atoms. The van der Waals surface area contributed by atoms with Crippen molar-refractivity contribution in [3.8, 4) is 0 Å². The van der Waals surface area contributed by atoms with Gasteiger partial charge in [-0.25, -0.2) is 9.97 Å². The number of hydrogen-bond acceptors (Lipinski definition) is 4. The maximum atomic E-state index is 12.2. The first kappa shape index (κ1) is 14.7. The summed E-state index contributed by atoms with van der Waals surface area (Å²) in [5, 5.41) is 5.97. The van der Waals surface area contributed by atoms with Crippen LogP contribution in [0.5, 0.6) is 0 Å². The Hall–Kier alpha value is -3.21. The van der Waals surface area contributed by atoms with Crippen LogP contribution in [-0.4, -0.2) is 15.9 Å². The van der Waals surface area contributed by atoms with Crippen LogP contribution in [0.4, 0.5) is 17.2 Å². The summed E-state index contributed by atoms with van der Waals surface area (Å²) >= 11 is 0. The summed E-state index contributed by atoms with van der Waals surface area (Å²) in [6.45, 7) is 2.02. The number of nitrogens with one attached hydrogen (secondary N) is 2. The van der Waals surface area contributed by atoms with Gasteiger partial charge in [0.25, 0.3) is 5.91 Å². The standard InChI is InChI=1S/C18H16N4O/c1-13-6-5-9-15(10-13)21-17-11-16(19-12-20-17)18(23)22-14-7-3-2-4-8-14/h2-12H,1H3,(H,22,23)(H,19,20,21). The predicted molar refractivity (Wildman–Crippen MR) is 90.9 cm³/mol. The van der Waals surface area contributed by atoms with Crippen molar-refractivity contribution in [2.75, 3.05) is 10.6 Å². The number of hydrogen-bond donors (Lipinski definition) is 2. The molecule has 0 radical (unpaired) electrons. The van der Waals surface area contributed by atoms with Crippen molar-refractivity contribution in [1.29, 1.82) is 0 Å². The SMILES string of the molecule is Cc1cccc(Nc2cc(C(=O)Nc3ccccc3)ncn2)c1. The summed E-state index contributed by atoms with van der Waals surface area (Å²) in [5.41, 5.74) is 3.09. The van der Waals surface area contributed by atoms with Crippen LogP contribution >= 0.6 is 0 Å². The second-order valence-electron chi connectivity index (χ2n) is 5.10. The van der Waals surface area contributed by atoms with Crippen LogP contribution in [0.25, 0.3) is 0 Å². The molecule has 114 valence electrons. The van der Waals surface area contributed by atoms with Gasteiger partial charge >= 0.3 is 0 Å². The fraction of sp³-hybridized carbons (Fsp3) is 0.0556. The van der Waals surface area contributed by atoms with Gasteiger partial charge in [0.05, 0.1) is 0 Å². The van der Waals surface area contributed by atoms with Crippen LogP contribution in [0.2, 0.25) is 0 Å². The lowest BCUT2D eigenvalue weighted by Crippen LogP contribution is -2.14. The Morgan fingerprint density at radius 2 is 1.70 bits per heavy atom. The van der Waals surface area contributed by atoms with E-state index in [4.69, 9.17) is 0 Å². The van der Waals surface area contributed by atoms with E-state index in [1.165, 1.54) is 6.33 Å². The number of rotatable bonds is 4. The van der Waals surface area contributed by atoms with Crippen LogP contribution in [0.1, 0.15) is 16.1 Å². The van der Waals surface area contributed by atoms with Crippen LogP contribution in [0.15, 0.2) is 67.0 Å². The molecule has 0 saturated carbocycles. The van der Waals surface area contributed by atoms with Gasteiger partial charge in [-0.1, -0.05) is 30.3 Å². The third-order valence-electron chi connectivity index (χ3n) is 3.22. The summed E-state index contributed by atoms with van der Waals surface area (Å²) in [4.78, 5) is 20.4. The predicted octanol–water partition coefficient (Wildman–Crippen LogP) is 3.78. The first-order valence-corrected chi connectivity index (χ1v) is 7.23. The number of carbonyl (C=O) groups is 1. The van der Waals surface area contributed by atoms with E-state index in [2.05, 4.69) is 20.6 Å².